The Kier molecular flexibility index (Phi) is 4.88. The molecule has 7 nitrogen and oxygen atoms in total. The second-order valence-corrected chi connectivity index (χ2v) is 7.11. The molecule has 0 unspecified atom stereocenters. The molecule has 0 radical (unpaired) electrons. The van der Waals surface area contributed by atoms with Gasteiger partial charge in [0, 0.05) is 44.2 Å². The van der Waals surface area contributed by atoms with E-state index in [2.05, 4.69) is 26.7 Å². The Morgan fingerprint density at radius 1 is 1.31 bits per heavy atom. The zero-order valence-electron chi connectivity index (χ0n) is 15.1. The van der Waals surface area contributed by atoms with Gasteiger partial charge >= 0.3 is 6.03 Å². The summed E-state index contributed by atoms with van der Waals surface area (Å²) in [5.41, 5.74) is 3.19. The Morgan fingerprint density at radius 2 is 2.19 bits per heavy atom. The summed E-state index contributed by atoms with van der Waals surface area (Å²) in [7, 11) is 1.96. The van der Waals surface area contributed by atoms with Crippen molar-refractivity contribution in [2.45, 2.75) is 50.7 Å². The number of nitrogens with zero attached hydrogens (tertiary/aromatic N) is 3. The van der Waals surface area contributed by atoms with Crippen molar-refractivity contribution in [3.63, 3.8) is 0 Å². The first-order valence-corrected chi connectivity index (χ1v) is 9.33. The van der Waals surface area contributed by atoms with Crippen molar-refractivity contribution >= 4 is 11.7 Å². The monoisotopic (exact) mass is 355 g/mol. The van der Waals surface area contributed by atoms with Gasteiger partial charge in [-0.15, -0.1) is 0 Å². The molecular weight excluding hydrogens is 330 g/mol. The molecule has 2 amide bonds. The summed E-state index contributed by atoms with van der Waals surface area (Å²) < 4.78 is 7.79. The number of carbonyl (C=O) groups is 1. The van der Waals surface area contributed by atoms with Gasteiger partial charge in [0.25, 0.3) is 0 Å². The number of anilines is 1. The molecule has 1 aliphatic heterocycles. The summed E-state index contributed by atoms with van der Waals surface area (Å²) in [6.45, 7) is 0.614. The van der Waals surface area contributed by atoms with Crippen molar-refractivity contribution in [3.05, 3.63) is 41.7 Å². The highest BCUT2D eigenvalue weighted by Gasteiger charge is 2.27. The van der Waals surface area contributed by atoms with Gasteiger partial charge in [0.15, 0.2) is 0 Å². The Bertz CT molecular complexity index is 788. The molecular formula is C19H25N5O2. The Hall–Kier alpha value is -2.41. The number of ether oxygens (including phenoxy) is 1. The number of aromatic nitrogens is 3. The summed E-state index contributed by atoms with van der Waals surface area (Å²) in [5, 5.41) is 5.99. The molecule has 138 valence electrons. The van der Waals surface area contributed by atoms with Crippen molar-refractivity contribution < 1.29 is 9.53 Å². The lowest BCUT2D eigenvalue weighted by Gasteiger charge is -2.29. The number of aryl methyl sites for hydroxylation is 3. The maximum absolute atomic E-state index is 12.4. The van der Waals surface area contributed by atoms with Gasteiger partial charge in [0.1, 0.15) is 11.9 Å². The van der Waals surface area contributed by atoms with Gasteiger partial charge in [-0.1, -0.05) is 0 Å². The van der Waals surface area contributed by atoms with Gasteiger partial charge in [0.05, 0.1) is 11.9 Å². The third kappa shape index (κ3) is 3.72. The topological polar surface area (TPSA) is 81.1 Å². The molecule has 1 aliphatic carbocycles. The highest BCUT2D eigenvalue weighted by molar-refractivity contribution is 5.89. The fourth-order valence-electron chi connectivity index (χ4n) is 3.80. The van der Waals surface area contributed by atoms with Crippen LogP contribution in [0.3, 0.4) is 0 Å². The lowest BCUT2D eigenvalue weighted by atomic mass is 9.96. The molecule has 2 aromatic heterocycles. The zero-order valence-corrected chi connectivity index (χ0v) is 15.1. The number of hydrogen-bond donors (Lipinski definition) is 2. The molecule has 2 atom stereocenters. The molecule has 2 N–H and O–H groups in total. The maximum Gasteiger partial charge on any atom is 0.319 e. The normalized spacial score (nSPS) is 22.5. The van der Waals surface area contributed by atoms with Gasteiger partial charge in [-0.3, -0.25) is 4.98 Å². The number of hydrogen-bond acceptors (Lipinski definition) is 4. The van der Waals surface area contributed by atoms with Crippen molar-refractivity contribution in [2.75, 3.05) is 11.9 Å². The number of urea groups is 1. The Labute approximate surface area is 153 Å². The number of fused-ring (bicyclic) bond motifs is 1. The average Bonchev–Trinajstić information content (AvgIpc) is 3.08. The third-order valence-electron chi connectivity index (χ3n) is 5.19. The van der Waals surface area contributed by atoms with Crippen LogP contribution in [0.25, 0.3) is 0 Å². The minimum atomic E-state index is -0.187. The molecule has 0 bridgehead atoms. The molecule has 1 saturated heterocycles. The molecule has 7 heteroatoms. The van der Waals surface area contributed by atoms with E-state index in [0.717, 1.165) is 37.2 Å². The molecule has 0 saturated carbocycles. The highest BCUT2D eigenvalue weighted by atomic mass is 16.5. The van der Waals surface area contributed by atoms with Gasteiger partial charge in [-0.25, -0.2) is 9.78 Å². The van der Waals surface area contributed by atoms with E-state index >= 15 is 0 Å². The van der Waals surface area contributed by atoms with Crippen molar-refractivity contribution in [1.82, 2.24) is 19.9 Å². The van der Waals surface area contributed by atoms with E-state index in [1.165, 1.54) is 24.1 Å². The predicted octanol–water partition coefficient (Wildman–Crippen LogP) is 2.74. The van der Waals surface area contributed by atoms with Crippen molar-refractivity contribution in [1.29, 1.82) is 0 Å². The molecule has 1 fully saturated rings. The first kappa shape index (κ1) is 17.0. The molecule has 4 rings (SSSR count). The van der Waals surface area contributed by atoms with E-state index in [4.69, 9.17) is 4.74 Å². The van der Waals surface area contributed by atoms with Crippen LogP contribution in [0.15, 0.2) is 24.7 Å². The Balaban J connectivity index is 1.35. The second-order valence-electron chi connectivity index (χ2n) is 7.11. The molecule has 0 spiro atoms. The number of nitrogens with one attached hydrogen (secondary N) is 2. The predicted molar refractivity (Wildman–Crippen MR) is 98.0 cm³/mol. The van der Waals surface area contributed by atoms with Crippen LogP contribution >= 0.6 is 0 Å². The largest absolute Gasteiger partial charge is 0.370 e. The fourth-order valence-corrected chi connectivity index (χ4v) is 3.80. The van der Waals surface area contributed by atoms with Crippen LogP contribution in [0.1, 0.15) is 48.9 Å². The van der Waals surface area contributed by atoms with Crippen LogP contribution in [0.2, 0.25) is 0 Å². The van der Waals surface area contributed by atoms with E-state index in [1.54, 1.807) is 12.4 Å². The molecule has 0 aromatic carbocycles. The summed E-state index contributed by atoms with van der Waals surface area (Å²) in [6, 6.07) is 1.94. The second kappa shape index (κ2) is 7.45. The Morgan fingerprint density at radius 3 is 3.04 bits per heavy atom. The first-order valence-electron chi connectivity index (χ1n) is 9.33. The lowest BCUT2D eigenvalue weighted by Crippen LogP contribution is -2.42. The van der Waals surface area contributed by atoms with Gasteiger partial charge < -0.3 is 19.9 Å². The summed E-state index contributed by atoms with van der Waals surface area (Å²) in [5.74, 6) is 0.899. The lowest BCUT2D eigenvalue weighted by molar-refractivity contribution is -0.00410. The van der Waals surface area contributed by atoms with Gasteiger partial charge in [0.2, 0.25) is 0 Å². The minimum Gasteiger partial charge on any atom is -0.370 e. The third-order valence-corrected chi connectivity index (χ3v) is 5.19. The van der Waals surface area contributed by atoms with E-state index < -0.39 is 0 Å². The first-order chi connectivity index (χ1) is 12.7. The van der Waals surface area contributed by atoms with E-state index in [9.17, 15) is 4.79 Å². The van der Waals surface area contributed by atoms with Crippen LogP contribution in [0, 0.1) is 0 Å². The summed E-state index contributed by atoms with van der Waals surface area (Å²) >= 11 is 0. The number of pyridine rings is 1. The smallest absolute Gasteiger partial charge is 0.319 e. The van der Waals surface area contributed by atoms with Crippen LogP contribution in [-0.4, -0.2) is 33.2 Å². The summed E-state index contributed by atoms with van der Waals surface area (Å²) in [4.78, 5) is 21.3. The fraction of sp³-hybridized carbons (Fsp3) is 0.526. The van der Waals surface area contributed by atoms with E-state index in [1.807, 2.05) is 17.8 Å². The number of amides is 2. The maximum atomic E-state index is 12.4. The molecule has 26 heavy (non-hydrogen) atoms. The van der Waals surface area contributed by atoms with Gasteiger partial charge in [-0.2, -0.15) is 0 Å². The molecule has 2 aliphatic rings. The number of rotatable bonds is 3. The van der Waals surface area contributed by atoms with Crippen molar-refractivity contribution in [3.8, 4) is 0 Å². The van der Waals surface area contributed by atoms with E-state index in [-0.39, 0.29) is 18.2 Å². The molecule has 3 heterocycles. The van der Waals surface area contributed by atoms with Crippen molar-refractivity contribution in [2.24, 2.45) is 7.05 Å². The quantitative estimate of drug-likeness (QED) is 0.887. The summed E-state index contributed by atoms with van der Waals surface area (Å²) in [6.07, 6.45) is 11.4. The van der Waals surface area contributed by atoms with Crippen LogP contribution < -0.4 is 10.6 Å². The van der Waals surface area contributed by atoms with Gasteiger partial charge in [-0.05, 0) is 43.7 Å². The van der Waals surface area contributed by atoms with Crippen LogP contribution in [0.5, 0.6) is 0 Å². The van der Waals surface area contributed by atoms with E-state index in [0.29, 0.717) is 6.61 Å². The average molecular weight is 355 g/mol. The zero-order chi connectivity index (χ0) is 17.9. The minimum absolute atomic E-state index is 0.0658. The van der Waals surface area contributed by atoms with Crippen LogP contribution in [-0.2, 0) is 24.6 Å². The number of carbonyl (C=O) groups excluding carboxylic acids is 1. The molecule has 2 aromatic rings. The number of imidazole rings is 1. The highest BCUT2D eigenvalue weighted by Crippen LogP contribution is 2.27. The SMILES string of the molecule is Cn1ccnc1[C@@H]1C[C@H](NC(=O)Nc2cnc3c(c2)CCCC3)CCO1. The van der Waals surface area contributed by atoms with Crippen LogP contribution in [0.4, 0.5) is 10.5 Å². The standard InChI is InChI=1S/C19H25N5O2/c1-24-8-7-20-18(24)17-11-14(6-9-26-17)22-19(25)23-15-10-13-4-2-3-5-16(13)21-12-15/h7-8,10,12,14,17H,2-6,9,11H2,1H3,(H2,22,23,25)/t14-,17+/m1/s1.